The zero-order valence-electron chi connectivity index (χ0n) is 12.2. The van der Waals surface area contributed by atoms with E-state index in [9.17, 15) is 9.18 Å². The maximum absolute atomic E-state index is 13.8. The predicted octanol–water partition coefficient (Wildman–Crippen LogP) is 2.45. The molecule has 0 atom stereocenters. The summed E-state index contributed by atoms with van der Waals surface area (Å²) < 4.78 is 13.8. The van der Waals surface area contributed by atoms with Crippen molar-refractivity contribution in [2.75, 3.05) is 25.5 Å². The van der Waals surface area contributed by atoms with Crippen molar-refractivity contribution in [2.45, 2.75) is 32.7 Å². The van der Waals surface area contributed by atoms with Crippen molar-refractivity contribution in [3.05, 3.63) is 23.6 Å². The number of aromatic carboxylic acids is 1. The van der Waals surface area contributed by atoms with Gasteiger partial charge in [0.2, 0.25) is 0 Å². The summed E-state index contributed by atoms with van der Waals surface area (Å²) in [6.45, 7) is 5.81. The molecule has 0 saturated carbocycles. The number of rotatable bonds is 8. The molecule has 0 saturated heterocycles. The topological polar surface area (TPSA) is 65.5 Å². The predicted molar refractivity (Wildman–Crippen MR) is 76.6 cm³/mol. The Hall–Kier alpha value is -1.69. The molecule has 5 nitrogen and oxygen atoms in total. The minimum Gasteiger partial charge on any atom is -0.478 e. The van der Waals surface area contributed by atoms with Crippen LogP contribution in [0.5, 0.6) is 0 Å². The quantitative estimate of drug-likeness (QED) is 0.717. The summed E-state index contributed by atoms with van der Waals surface area (Å²) in [6, 6.07) is 1.66. The molecule has 0 aliphatic rings. The molecular weight excluding hydrogens is 261 g/mol. The molecule has 0 aliphatic heterocycles. The van der Waals surface area contributed by atoms with Gasteiger partial charge in [-0.2, -0.15) is 0 Å². The van der Waals surface area contributed by atoms with E-state index in [0.717, 1.165) is 25.5 Å². The summed E-state index contributed by atoms with van der Waals surface area (Å²) in [7, 11) is 2.07. The van der Waals surface area contributed by atoms with Crippen LogP contribution in [-0.2, 0) is 0 Å². The van der Waals surface area contributed by atoms with Gasteiger partial charge < -0.3 is 15.3 Å². The fourth-order valence-corrected chi connectivity index (χ4v) is 1.68. The van der Waals surface area contributed by atoms with Crippen molar-refractivity contribution in [3.63, 3.8) is 0 Å². The standard InChI is InChI=1S/C14H22FN3O2/c1-10(2)18(3)9-5-4-7-16-13-12(15)11(14(19)20)6-8-17-13/h6,8,10H,4-5,7,9H2,1-3H3,(H,16,17)(H,19,20). The zero-order chi connectivity index (χ0) is 15.1. The van der Waals surface area contributed by atoms with Crippen molar-refractivity contribution >= 4 is 11.8 Å². The van der Waals surface area contributed by atoms with Gasteiger partial charge in [0.15, 0.2) is 11.6 Å². The van der Waals surface area contributed by atoms with Crippen molar-refractivity contribution in [2.24, 2.45) is 0 Å². The summed E-state index contributed by atoms with van der Waals surface area (Å²) >= 11 is 0. The van der Waals surface area contributed by atoms with Gasteiger partial charge in [-0.3, -0.25) is 0 Å². The molecule has 0 spiro atoms. The number of halogens is 1. The van der Waals surface area contributed by atoms with E-state index in [1.165, 1.54) is 6.20 Å². The molecular formula is C14H22FN3O2. The van der Waals surface area contributed by atoms with Gasteiger partial charge in [-0.1, -0.05) is 0 Å². The van der Waals surface area contributed by atoms with Crippen molar-refractivity contribution in [1.29, 1.82) is 0 Å². The van der Waals surface area contributed by atoms with E-state index in [-0.39, 0.29) is 11.4 Å². The lowest BCUT2D eigenvalue weighted by Crippen LogP contribution is -2.27. The molecule has 0 aliphatic carbocycles. The van der Waals surface area contributed by atoms with Crippen LogP contribution in [0.25, 0.3) is 0 Å². The van der Waals surface area contributed by atoms with Crippen LogP contribution in [0.4, 0.5) is 10.2 Å². The number of unbranched alkanes of at least 4 members (excludes halogenated alkanes) is 1. The third-order valence-electron chi connectivity index (χ3n) is 3.23. The van der Waals surface area contributed by atoms with Crippen LogP contribution in [0.2, 0.25) is 0 Å². The summed E-state index contributed by atoms with van der Waals surface area (Å²) in [4.78, 5) is 16.9. The molecule has 1 rings (SSSR count). The average molecular weight is 283 g/mol. The molecule has 1 aromatic heterocycles. The fourth-order valence-electron chi connectivity index (χ4n) is 1.68. The van der Waals surface area contributed by atoms with Crippen molar-refractivity contribution in [1.82, 2.24) is 9.88 Å². The first-order valence-electron chi connectivity index (χ1n) is 6.75. The second-order valence-electron chi connectivity index (χ2n) is 5.03. The molecule has 0 radical (unpaired) electrons. The monoisotopic (exact) mass is 283 g/mol. The van der Waals surface area contributed by atoms with Crippen molar-refractivity contribution in [3.8, 4) is 0 Å². The maximum Gasteiger partial charge on any atom is 0.338 e. The Morgan fingerprint density at radius 3 is 2.80 bits per heavy atom. The van der Waals surface area contributed by atoms with Gasteiger partial charge in [0.1, 0.15) is 5.56 Å². The molecule has 2 N–H and O–H groups in total. The number of hydrogen-bond donors (Lipinski definition) is 2. The largest absolute Gasteiger partial charge is 0.478 e. The van der Waals surface area contributed by atoms with Crippen LogP contribution in [0.3, 0.4) is 0 Å². The summed E-state index contributed by atoms with van der Waals surface area (Å²) in [5.74, 6) is -2.09. The number of carbonyl (C=O) groups is 1. The van der Waals surface area contributed by atoms with Gasteiger partial charge >= 0.3 is 5.97 Å². The smallest absolute Gasteiger partial charge is 0.338 e. The second-order valence-corrected chi connectivity index (χ2v) is 5.03. The lowest BCUT2D eigenvalue weighted by Gasteiger charge is -2.20. The van der Waals surface area contributed by atoms with E-state index in [2.05, 4.69) is 36.1 Å². The van der Waals surface area contributed by atoms with Crippen LogP contribution >= 0.6 is 0 Å². The second kappa shape index (κ2) is 7.79. The minimum atomic E-state index is -1.29. The molecule has 0 unspecified atom stereocenters. The van der Waals surface area contributed by atoms with Gasteiger partial charge in [-0.05, 0) is 46.3 Å². The number of hydrogen-bond acceptors (Lipinski definition) is 4. The molecule has 0 aromatic carbocycles. The highest BCUT2D eigenvalue weighted by molar-refractivity contribution is 5.88. The van der Waals surface area contributed by atoms with E-state index in [1.807, 2.05) is 0 Å². The van der Waals surface area contributed by atoms with E-state index in [0.29, 0.717) is 12.6 Å². The number of aromatic nitrogens is 1. The molecule has 0 amide bonds. The normalized spacial score (nSPS) is 11.1. The van der Waals surface area contributed by atoms with Gasteiger partial charge in [-0.15, -0.1) is 0 Å². The first-order valence-corrected chi connectivity index (χ1v) is 6.75. The van der Waals surface area contributed by atoms with Gasteiger partial charge in [-0.25, -0.2) is 14.2 Å². The van der Waals surface area contributed by atoms with Gasteiger partial charge in [0, 0.05) is 18.8 Å². The molecule has 0 bridgehead atoms. The molecule has 1 aromatic rings. The average Bonchev–Trinajstić information content (AvgIpc) is 2.39. The molecule has 1 heterocycles. The maximum atomic E-state index is 13.8. The first-order chi connectivity index (χ1) is 9.43. The Balaban J connectivity index is 2.40. The van der Waals surface area contributed by atoms with Crippen LogP contribution in [0, 0.1) is 5.82 Å². The number of anilines is 1. The number of pyridine rings is 1. The van der Waals surface area contributed by atoms with E-state index in [1.54, 1.807) is 0 Å². The Bertz CT molecular complexity index is 452. The van der Waals surface area contributed by atoms with Gasteiger partial charge in [0.25, 0.3) is 0 Å². The van der Waals surface area contributed by atoms with Crippen LogP contribution in [-0.4, -0.2) is 47.1 Å². The summed E-state index contributed by atoms with van der Waals surface area (Å²) in [6.07, 6.45) is 3.15. The molecule has 6 heteroatoms. The minimum absolute atomic E-state index is 0.00196. The Kier molecular flexibility index (Phi) is 6.38. The highest BCUT2D eigenvalue weighted by Gasteiger charge is 2.14. The zero-order valence-corrected chi connectivity index (χ0v) is 12.2. The van der Waals surface area contributed by atoms with Crippen LogP contribution < -0.4 is 5.32 Å². The Morgan fingerprint density at radius 1 is 1.50 bits per heavy atom. The summed E-state index contributed by atoms with van der Waals surface area (Å²) in [5.41, 5.74) is -0.359. The lowest BCUT2D eigenvalue weighted by atomic mass is 10.2. The van der Waals surface area contributed by atoms with E-state index in [4.69, 9.17) is 5.11 Å². The highest BCUT2D eigenvalue weighted by atomic mass is 19.1. The Morgan fingerprint density at radius 2 is 2.20 bits per heavy atom. The third-order valence-corrected chi connectivity index (χ3v) is 3.23. The molecule has 20 heavy (non-hydrogen) atoms. The highest BCUT2D eigenvalue weighted by Crippen LogP contribution is 2.15. The lowest BCUT2D eigenvalue weighted by molar-refractivity contribution is 0.0692. The van der Waals surface area contributed by atoms with Crippen LogP contribution in [0.15, 0.2) is 12.3 Å². The number of nitrogens with one attached hydrogen (secondary N) is 1. The SMILES string of the molecule is CC(C)N(C)CCCCNc1nccc(C(=O)O)c1F. The third kappa shape index (κ3) is 4.77. The summed E-state index contributed by atoms with van der Waals surface area (Å²) in [5, 5.41) is 11.7. The van der Waals surface area contributed by atoms with Crippen LogP contribution in [0.1, 0.15) is 37.0 Å². The fraction of sp³-hybridized carbons (Fsp3) is 0.571. The number of carboxylic acid groups (broad SMARTS) is 1. The number of carboxylic acids is 1. The van der Waals surface area contributed by atoms with E-state index >= 15 is 0 Å². The molecule has 0 fully saturated rings. The Labute approximate surface area is 118 Å². The van der Waals surface area contributed by atoms with Crippen molar-refractivity contribution < 1.29 is 14.3 Å². The number of nitrogens with zero attached hydrogens (tertiary/aromatic N) is 2. The first kappa shape index (κ1) is 16.4. The van der Waals surface area contributed by atoms with E-state index < -0.39 is 11.8 Å². The van der Waals surface area contributed by atoms with Gasteiger partial charge in [0.05, 0.1) is 0 Å². The molecule has 112 valence electrons.